The summed E-state index contributed by atoms with van der Waals surface area (Å²) in [7, 11) is 0. The summed E-state index contributed by atoms with van der Waals surface area (Å²) in [5.74, 6) is 0. The molecule has 0 aromatic carbocycles. The van der Waals surface area contributed by atoms with Crippen LogP contribution in [0.5, 0.6) is 0 Å². The largest absolute Gasteiger partial charge is 0 e. The molecular weight excluding hydrogens is 272 g/mol. The third-order valence-electron chi connectivity index (χ3n) is 0. The standard InChI is InChI=1S/H2O.2O.V.Yb/h1H2;;;;/q;;;+1;/p-1. The zero-order valence-corrected chi connectivity index (χ0v) is 5.09. The first kappa shape index (κ1) is 9.83. The SMILES string of the molecule is [O]=[V](=[O])[OH].[Yb]. The molecule has 0 bridgehead atoms. The number of hydrogen-bond donors (Lipinski definition) is 1. The molecule has 3 nitrogen and oxygen atoms in total. The molecule has 0 aromatic rings. The third-order valence-corrected chi connectivity index (χ3v) is 0. The monoisotopic (exact) mass is 274 g/mol. The first-order chi connectivity index (χ1) is 1.73. The third kappa shape index (κ3) is 27.5. The van der Waals surface area contributed by atoms with Gasteiger partial charge in [0.2, 0.25) is 0 Å². The van der Waals surface area contributed by atoms with Crippen molar-refractivity contribution in [3.05, 3.63) is 0 Å². The predicted octanol–water partition coefficient (Wildman–Crippen LogP) is -0.797. The molecule has 38 valence electrons. The number of hydrogen-bond acceptors (Lipinski definition) is 2. The molecule has 0 aromatic heterocycles. The molecule has 5 heteroatoms. The van der Waals surface area contributed by atoms with Crippen molar-refractivity contribution in [3.63, 3.8) is 0 Å². The molecular formula is HO3VYb. The van der Waals surface area contributed by atoms with E-state index in [1.807, 2.05) is 0 Å². The maximum absolute atomic E-state index is 8.67. The van der Waals surface area contributed by atoms with Gasteiger partial charge in [-0.2, -0.15) is 0 Å². The van der Waals surface area contributed by atoms with E-state index in [0.717, 1.165) is 0 Å². The van der Waals surface area contributed by atoms with Crippen LogP contribution in [0.1, 0.15) is 0 Å². The fourth-order valence-electron chi connectivity index (χ4n) is 0. The zero-order chi connectivity index (χ0) is 3.58. The van der Waals surface area contributed by atoms with Gasteiger partial charge in [0.25, 0.3) is 0 Å². The molecule has 0 fully saturated rings. The van der Waals surface area contributed by atoms with Crippen LogP contribution in [0.3, 0.4) is 0 Å². The molecule has 0 spiro atoms. The van der Waals surface area contributed by atoms with E-state index in [9.17, 15) is 0 Å². The Kier molecular flexibility index (Phi) is 11.1. The predicted molar refractivity (Wildman–Crippen MR) is 3.59 cm³/mol. The average Bonchev–Trinajstić information content (AvgIpc) is 0.811. The van der Waals surface area contributed by atoms with Crippen LogP contribution in [-0.4, -0.2) is 4.03 Å². The van der Waals surface area contributed by atoms with Crippen LogP contribution in [0.4, 0.5) is 0 Å². The zero-order valence-electron chi connectivity index (χ0n) is 1.98. The minimum absolute atomic E-state index is 0. The Labute approximate surface area is 72.4 Å². The van der Waals surface area contributed by atoms with Gasteiger partial charge in [-0.25, -0.2) is 0 Å². The molecule has 0 aliphatic carbocycles. The Morgan fingerprint density at radius 2 is 1.40 bits per heavy atom. The van der Waals surface area contributed by atoms with Crippen molar-refractivity contribution in [1.82, 2.24) is 0 Å². The van der Waals surface area contributed by atoms with Crippen LogP contribution >= 0.6 is 0 Å². The smallest absolute Gasteiger partial charge is 0 e. The number of rotatable bonds is 0. The Balaban J connectivity index is 0. The fourth-order valence-corrected chi connectivity index (χ4v) is 0. The summed E-state index contributed by atoms with van der Waals surface area (Å²) >= 11 is -3.69. The van der Waals surface area contributed by atoms with Crippen molar-refractivity contribution >= 4 is 0 Å². The molecule has 0 saturated carbocycles. The van der Waals surface area contributed by atoms with Crippen LogP contribution in [0, 0.1) is 46.9 Å². The van der Waals surface area contributed by atoms with Crippen LogP contribution < -0.4 is 0 Å². The van der Waals surface area contributed by atoms with Crippen LogP contribution in [0.25, 0.3) is 0 Å². The van der Waals surface area contributed by atoms with E-state index in [1.165, 1.54) is 0 Å². The summed E-state index contributed by atoms with van der Waals surface area (Å²) in [5, 5.41) is 0. The molecule has 0 aliphatic heterocycles. The van der Waals surface area contributed by atoms with Gasteiger partial charge in [0.05, 0.1) is 0 Å². The molecule has 1 N–H and O–H groups in total. The van der Waals surface area contributed by atoms with E-state index in [-0.39, 0.29) is 46.9 Å². The summed E-state index contributed by atoms with van der Waals surface area (Å²) in [4.78, 5) is 0. The molecule has 5 heavy (non-hydrogen) atoms. The van der Waals surface area contributed by atoms with Crippen molar-refractivity contribution in [2.24, 2.45) is 0 Å². The van der Waals surface area contributed by atoms with Crippen LogP contribution in [0.2, 0.25) is 0 Å². The molecule has 0 unspecified atom stereocenters. The normalized spacial score (nSPS) is 5.00. The second-order valence-corrected chi connectivity index (χ2v) is 0.981. The van der Waals surface area contributed by atoms with E-state index in [1.54, 1.807) is 0 Å². The van der Waals surface area contributed by atoms with Gasteiger partial charge in [0.1, 0.15) is 0 Å². The summed E-state index contributed by atoms with van der Waals surface area (Å²) in [6.45, 7) is 0. The first-order valence-electron chi connectivity index (χ1n) is 0.565. The van der Waals surface area contributed by atoms with Gasteiger partial charge in [-0.1, -0.05) is 0 Å². The first-order valence-corrected chi connectivity index (χ1v) is 2.33. The van der Waals surface area contributed by atoms with Gasteiger partial charge in [-0.05, 0) is 0 Å². The van der Waals surface area contributed by atoms with Gasteiger partial charge >= 0.3 is 26.8 Å². The van der Waals surface area contributed by atoms with Gasteiger partial charge in [0.15, 0.2) is 0 Å². The topological polar surface area (TPSA) is 54.4 Å². The Bertz CT molecular complexity index is 55.3. The van der Waals surface area contributed by atoms with Gasteiger partial charge < -0.3 is 0 Å². The summed E-state index contributed by atoms with van der Waals surface area (Å²) in [6.07, 6.45) is 0. The second-order valence-electron chi connectivity index (χ2n) is 0.238. The Hall–Kier alpha value is 1.66. The van der Waals surface area contributed by atoms with E-state index in [4.69, 9.17) is 11.4 Å². The second kappa shape index (κ2) is 5.66. The molecule has 0 amide bonds. The summed E-state index contributed by atoms with van der Waals surface area (Å²) in [6, 6.07) is 0. The van der Waals surface area contributed by atoms with Crippen molar-refractivity contribution in [3.8, 4) is 0 Å². The van der Waals surface area contributed by atoms with Gasteiger partial charge in [-0.15, -0.1) is 0 Å². The van der Waals surface area contributed by atoms with Crippen molar-refractivity contribution in [2.45, 2.75) is 0 Å². The Morgan fingerprint density at radius 3 is 1.40 bits per heavy atom. The van der Waals surface area contributed by atoms with Crippen molar-refractivity contribution in [2.75, 3.05) is 0 Å². The molecule has 0 atom stereocenters. The minimum Gasteiger partial charge on any atom is 0 e. The quantitative estimate of drug-likeness (QED) is 0.629. The molecule has 0 aliphatic rings. The van der Waals surface area contributed by atoms with E-state index in [0.29, 0.717) is 0 Å². The van der Waals surface area contributed by atoms with Crippen molar-refractivity contribution in [1.29, 1.82) is 0 Å². The molecule has 0 rings (SSSR count). The van der Waals surface area contributed by atoms with Gasteiger partial charge in [0, 0.05) is 46.9 Å². The fraction of sp³-hybridized carbons (Fsp3) is 0. The minimum atomic E-state index is -3.69. The maximum atomic E-state index is 8.67. The molecule has 0 heterocycles. The summed E-state index contributed by atoms with van der Waals surface area (Å²) < 4.78 is 24.4. The van der Waals surface area contributed by atoms with Crippen LogP contribution in [0.15, 0.2) is 0 Å². The summed E-state index contributed by atoms with van der Waals surface area (Å²) in [5.41, 5.74) is 0. The van der Waals surface area contributed by atoms with Crippen molar-refractivity contribution < 1.29 is 73.7 Å². The molecule has 0 radical (unpaired) electrons. The maximum Gasteiger partial charge on any atom is 0 e. The Morgan fingerprint density at radius 1 is 1.40 bits per heavy atom. The average molecular weight is 273 g/mol. The van der Waals surface area contributed by atoms with E-state index >= 15 is 0 Å². The van der Waals surface area contributed by atoms with E-state index in [2.05, 4.69) is 0 Å². The van der Waals surface area contributed by atoms with Crippen LogP contribution in [-0.2, 0) is 22.7 Å². The van der Waals surface area contributed by atoms with Gasteiger partial charge in [-0.3, -0.25) is 0 Å². The van der Waals surface area contributed by atoms with E-state index < -0.39 is 15.4 Å². The molecule has 0 saturated heterocycles.